The number of halogens is 1. The van der Waals surface area contributed by atoms with Crippen molar-refractivity contribution in [1.82, 2.24) is 0 Å². The Labute approximate surface area is 127 Å². The van der Waals surface area contributed by atoms with Crippen LogP contribution in [0, 0.1) is 10.1 Å². The van der Waals surface area contributed by atoms with Crippen LogP contribution in [-0.2, 0) is 9.47 Å². The van der Waals surface area contributed by atoms with E-state index in [1.165, 1.54) is 12.1 Å². The Morgan fingerprint density at radius 2 is 2.24 bits per heavy atom. The van der Waals surface area contributed by atoms with E-state index >= 15 is 0 Å². The van der Waals surface area contributed by atoms with E-state index in [2.05, 4.69) is 0 Å². The molecule has 0 aromatic heterocycles. The molecular weight excluding hydrogens is 300 g/mol. The molecule has 21 heavy (non-hydrogen) atoms. The maximum atomic E-state index is 11.0. The molecule has 1 aliphatic carbocycles. The molecule has 1 aliphatic rings. The minimum absolute atomic E-state index is 0.0569. The van der Waals surface area contributed by atoms with Crippen LogP contribution in [0.1, 0.15) is 6.42 Å². The van der Waals surface area contributed by atoms with Crippen LogP contribution in [-0.4, -0.2) is 43.5 Å². The van der Waals surface area contributed by atoms with Gasteiger partial charge in [-0.05, 0) is 6.07 Å². The normalized spacial score (nSPS) is 24.4. The van der Waals surface area contributed by atoms with Crippen molar-refractivity contribution in [1.29, 1.82) is 0 Å². The quantitative estimate of drug-likeness (QED) is 0.467. The molecule has 1 aromatic rings. The van der Waals surface area contributed by atoms with Gasteiger partial charge in [0.25, 0.3) is 0 Å². The maximum Gasteiger partial charge on any atom is 0.312 e. The monoisotopic (exact) mass is 316 g/mol. The number of nitro groups is 1. The molecule has 3 unspecified atom stereocenters. The first-order valence-corrected chi connectivity index (χ1v) is 6.88. The van der Waals surface area contributed by atoms with Crippen LogP contribution in [0.2, 0.25) is 5.02 Å². The second kappa shape index (κ2) is 7.04. The molecular formula is C13H17ClN2O5. The Balaban J connectivity index is 2.06. The van der Waals surface area contributed by atoms with Gasteiger partial charge in [0.15, 0.2) is 0 Å². The SMILES string of the molecule is COCCOC1C(N)CC1Oc1c(Cl)cccc1[N+](=O)[O-]. The summed E-state index contributed by atoms with van der Waals surface area (Å²) in [5.41, 5.74) is 5.70. The van der Waals surface area contributed by atoms with E-state index in [1.807, 2.05) is 0 Å². The third kappa shape index (κ3) is 3.62. The first-order chi connectivity index (χ1) is 10.0. The smallest absolute Gasteiger partial charge is 0.312 e. The molecule has 0 radical (unpaired) electrons. The zero-order chi connectivity index (χ0) is 15.4. The van der Waals surface area contributed by atoms with Crippen LogP contribution in [0.4, 0.5) is 5.69 Å². The van der Waals surface area contributed by atoms with Crippen LogP contribution in [0.15, 0.2) is 18.2 Å². The highest BCUT2D eigenvalue weighted by Gasteiger charge is 2.42. The summed E-state index contributed by atoms with van der Waals surface area (Å²) in [5, 5.41) is 11.2. The number of methoxy groups -OCH3 is 1. The first-order valence-electron chi connectivity index (χ1n) is 6.50. The molecule has 8 heteroatoms. The van der Waals surface area contributed by atoms with Crippen molar-refractivity contribution < 1.29 is 19.1 Å². The summed E-state index contributed by atoms with van der Waals surface area (Å²) >= 11 is 5.99. The van der Waals surface area contributed by atoms with Crippen molar-refractivity contribution in [2.45, 2.75) is 24.7 Å². The van der Waals surface area contributed by atoms with Gasteiger partial charge in [-0.2, -0.15) is 0 Å². The van der Waals surface area contributed by atoms with E-state index in [9.17, 15) is 10.1 Å². The molecule has 2 rings (SSSR count). The minimum Gasteiger partial charge on any atom is -0.480 e. The van der Waals surface area contributed by atoms with Crippen molar-refractivity contribution in [3.8, 4) is 5.75 Å². The molecule has 1 aromatic carbocycles. The molecule has 0 amide bonds. The summed E-state index contributed by atoms with van der Waals surface area (Å²) in [7, 11) is 1.57. The predicted molar refractivity (Wildman–Crippen MR) is 76.7 cm³/mol. The number of hydrogen-bond donors (Lipinski definition) is 1. The number of para-hydroxylation sites is 1. The van der Waals surface area contributed by atoms with Crippen LogP contribution < -0.4 is 10.5 Å². The van der Waals surface area contributed by atoms with Crippen LogP contribution >= 0.6 is 11.6 Å². The lowest BCUT2D eigenvalue weighted by Crippen LogP contribution is -2.59. The van der Waals surface area contributed by atoms with Gasteiger partial charge in [0.2, 0.25) is 5.75 Å². The van der Waals surface area contributed by atoms with Gasteiger partial charge in [-0.1, -0.05) is 17.7 Å². The van der Waals surface area contributed by atoms with Crippen molar-refractivity contribution >= 4 is 17.3 Å². The maximum absolute atomic E-state index is 11.0. The van der Waals surface area contributed by atoms with Crippen molar-refractivity contribution in [2.75, 3.05) is 20.3 Å². The molecule has 0 aliphatic heterocycles. The van der Waals surface area contributed by atoms with Crippen molar-refractivity contribution in [3.63, 3.8) is 0 Å². The lowest BCUT2D eigenvalue weighted by atomic mass is 9.86. The van der Waals surface area contributed by atoms with Crippen LogP contribution in [0.3, 0.4) is 0 Å². The third-order valence-corrected chi connectivity index (χ3v) is 3.60. The number of ether oxygens (including phenoxy) is 3. The Hall–Kier alpha value is -1.41. The predicted octanol–water partition coefficient (Wildman–Crippen LogP) is 1.76. The largest absolute Gasteiger partial charge is 0.480 e. The van der Waals surface area contributed by atoms with Crippen molar-refractivity contribution in [3.05, 3.63) is 33.3 Å². The number of rotatable bonds is 7. The van der Waals surface area contributed by atoms with Gasteiger partial charge in [0.1, 0.15) is 12.2 Å². The summed E-state index contributed by atoms with van der Waals surface area (Å²) in [5.74, 6) is 0.0569. The van der Waals surface area contributed by atoms with E-state index < -0.39 is 4.92 Å². The molecule has 0 spiro atoms. The average Bonchev–Trinajstić information content (AvgIpc) is 2.44. The highest BCUT2D eigenvalue weighted by atomic mass is 35.5. The fourth-order valence-electron chi connectivity index (χ4n) is 2.14. The van der Waals surface area contributed by atoms with E-state index in [4.69, 9.17) is 31.5 Å². The average molecular weight is 317 g/mol. The standard InChI is InChI=1S/C13H17ClN2O5/c1-19-5-6-20-13-9(15)7-11(13)21-12-8(14)3-2-4-10(12)16(17)18/h2-4,9,11,13H,5-7,15H2,1H3. The van der Waals surface area contributed by atoms with E-state index in [1.54, 1.807) is 13.2 Å². The summed E-state index contributed by atoms with van der Waals surface area (Å²) in [6.07, 6.45) is -0.119. The zero-order valence-electron chi connectivity index (χ0n) is 11.5. The number of nitrogens with zero attached hydrogens (tertiary/aromatic N) is 1. The molecule has 0 saturated heterocycles. The lowest BCUT2D eigenvalue weighted by molar-refractivity contribution is -0.386. The molecule has 3 atom stereocenters. The second-order valence-electron chi connectivity index (χ2n) is 4.73. The number of benzene rings is 1. The van der Waals surface area contributed by atoms with Gasteiger partial charge in [-0.25, -0.2) is 0 Å². The van der Waals surface area contributed by atoms with Gasteiger partial charge < -0.3 is 19.9 Å². The van der Waals surface area contributed by atoms with Gasteiger partial charge in [-0.3, -0.25) is 10.1 Å². The fraction of sp³-hybridized carbons (Fsp3) is 0.538. The Kier molecular flexibility index (Phi) is 5.35. The van der Waals surface area contributed by atoms with E-state index in [0.717, 1.165) is 0 Å². The lowest BCUT2D eigenvalue weighted by Gasteiger charge is -2.41. The van der Waals surface area contributed by atoms with Crippen LogP contribution in [0.25, 0.3) is 0 Å². The van der Waals surface area contributed by atoms with Crippen LogP contribution in [0.5, 0.6) is 5.75 Å². The molecule has 0 heterocycles. The van der Waals surface area contributed by atoms with Gasteiger partial charge in [0.05, 0.1) is 23.2 Å². The molecule has 7 nitrogen and oxygen atoms in total. The minimum atomic E-state index is -0.527. The molecule has 1 saturated carbocycles. The van der Waals surface area contributed by atoms with Gasteiger partial charge >= 0.3 is 5.69 Å². The molecule has 116 valence electrons. The molecule has 2 N–H and O–H groups in total. The van der Waals surface area contributed by atoms with E-state index in [-0.39, 0.29) is 34.7 Å². The topological polar surface area (TPSA) is 96.9 Å². The van der Waals surface area contributed by atoms with Gasteiger partial charge in [-0.15, -0.1) is 0 Å². The second-order valence-corrected chi connectivity index (χ2v) is 5.14. The highest BCUT2D eigenvalue weighted by molar-refractivity contribution is 6.32. The number of nitro benzene ring substituents is 1. The van der Waals surface area contributed by atoms with E-state index in [0.29, 0.717) is 19.6 Å². The summed E-state index contributed by atoms with van der Waals surface area (Å²) < 4.78 is 16.1. The summed E-state index contributed by atoms with van der Waals surface area (Å²) in [6.45, 7) is 0.835. The first kappa shape index (κ1) is 16.0. The zero-order valence-corrected chi connectivity index (χ0v) is 12.3. The Morgan fingerprint density at radius 1 is 1.48 bits per heavy atom. The highest BCUT2D eigenvalue weighted by Crippen LogP contribution is 2.38. The Bertz CT molecular complexity index is 513. The number of nitrogens with two attached hydrogens (primary N) is 1. The van der Waals surface area contributed by atoms with Gasteiger partial charge in [0, 0.05) is 25.6 Å². The number of hydrogen-bond acceptors (Lipinski definition) is 6. The molecule has 0 bridgehead atoms. The molecule has 1 fully saturated rings. The fourth-order valence-corrected chi connectivity index (χ4v) is 2.35. The Morgan fingerprint density at radius 3 is 2.86 bits per heavy atom. The summed E-state index contributed by atoms with van der Waals surface area (Å²) in [4.78, 5) is 10.5. The van der Waals surface area contributed by atoms with Crippen molar-refractivity contribution in [2.24, 2.45) is 5.73 Å². The summed E-state index contributed by atoms with van der Waals surface area (Å²) in [6, 6.07) is 4.24. The third-order valence-electron chi connectivity index (χ3n) is 3.30.